The second-order valence-electron chi connectivity index (χ2n) is 4.61. The Morgan fingerprint density at radius 2 is 1.93 bits per heavy atom. The Kier molecular flexibility index (Phi) is 1.84. The van der Waals surface area contributed by atoms with E-state index in [4.69, 9.17) is 0 Å². The molecule has 0 atom stereocenters. The molecule has 0 unspecified atom stereocenters. The first-order valence-corrected chi connectivity index (χ1v) is 4.81. The highest BCUT2D eigenvalue weighted by Crippen LogP contribution is 2.25. The molecule has 0 N–H and O–H groups in total. The van der Waals surface area contributed by atoms with Gasteiger partial charge in [-0.15, -0.1) is 10.2 Å². The average Bonchev–Trinajstić information content (AvgIpc) is 2.46. The fourth-order valence-electron chi connectivity index (χ4n) is 1.62. The van der Waals surface area contributed by atoms with Crippen LogP contribution in [-0.4, -0.2) is 14.6 Å². The van der Waals surface area contributed by atoms with Crippen LogP contribution in [0, 0.1) is 6.92 Å². The summed E-state index contributed by atoms with van der Waals surface area (Å²) in [6.45, 7) is 8.53. The molecule has 2 aromatic heterocycles. The predicted molar refractivity (Wildman–Crippen MR) is 56.4 cm³/mol. The van der Waals surface area contributed by atoms with Gasteiger partial charge in [-0.2, -0.15) is 0 Å². The summed E-state index contributed by atoms with van der Waals surface area (Å²) in [4.78, 5) is 0. The number of aryl methyl sites for hydroxylation is 1. The predicted octanol–water partition coefficient (Wildman–Crippen LogP) is 2.34. The number of rotatable bonds is 0. The van der Waals surface area contributed by atoms with E-state index < -0.39 is 0 Å². The highest BCUT2D eigenvalue weighted by Gasteiger charge is 2.18. The summed E-state index contributed by atoms with van der Waals surface area (Å²) in [6, 6.07) is 4.16. The van der Waals surface area contributed by atoms with Gasteiger partial charge in [0.25, 0.3) is 0 Å². The maximum absolute atomic E-state index is 4.20. The quantitative estimate of drug-likeness (QED) is 0.636. The van der Waals surface area contributed by atoms with Crippen LogP contribution in [0.5, 0.6) is 0 Å². The van der Waals surface area contributed by atoms with Crippen molar-refractivity contribution in [3.63, 3.8) is 0 Å². The molecule has 0 bridgehead atoms. The summed E-state index contributed by atoms with van der Waals surface area (Å²) in [6.07, 6.45) is 2.00. The van der Waals surface area contributed by atoms with Gasteiger partial charge in [0.2, 0.25) is 0 Å². The lowest BCUT2D eigenvalue weighted by Gasteiger charge is -2.18. The summed E-state index contributed by atoms with van der Waals surface area (Å²) < 4.78 is 2.03. The Morgan fingerprint density at radius 3 is 2.57 bits per heavy atom. The van der Waals surface area contributed by atoms with Gasteiger partial charge in [0, 0.05) is 11.8 Å². The highest BCUT2D eigenvalue weighted by atomic mass is 15.2. The Balaban J connectivity index is 2.79. The lowest BCUT2D eigenvalue weighted by atomic mass is 9.88. The van der Waals surface area contributed by atoms with Crippen LogP contribution in [0.25, 0.3) is 5.65 Å². The van der Waals surface area contributed by atoms with Crippen molar-refractivity contribution < 1.29 is 0 Å². The zero-order valence-corrected chi connectivity index (χ0v) is 9.07. The Morgan fingerprint density at radius 1 is 1.21 bits per heavy atom. The third-order valence-electron chi connectivity index (χ3n) is 2.41. The fraction of sp³-hybridized carbons (Fsp3) is 0.455. The summed E-state index contributed by atoms with van der Waals surface area (Å²) in [5.41, 5.74) is 2.32. The summed E-state index contributed by atoms with van der Waals surface area (Å²) in [7, 11) is 0. The third kappa shape index (κ3) is 1.29. The Bertz CT molecular complexity index is 463. The highest BCUT2D eigenvalue weighted by molar-refractivity contribution is 5.50. The van der Waals surface area contributed by atoms with E-state index in [9.17, 15) is 0 Å². The molecule has 0 fully saturated rings. The van der Waals surface area contributed by atoms with Crippen LogP contribution in [0.3, 0.4) is 0 Å². The van der Waals surface area contributed by atoms with Gasteiger partial charge in [-0.1, -0.05) is 26.8 Å². The molecule has 0 saturated carbocycles. The van der Waals surface area contributed by atoms with E-state index in [2.05, 4.69) is 37.0 Å². The molecule has 2 aromatic rings. The van der Waals surface area contributed by atoms with E-state index in [1.807, 2.05) is 23.6 Å². The first-order chi connectivity index (χ1) is 6.50. The van der Waals surface area contributed by atoms with Crippen LogP contribution < -0.4 is 0 Å². The molecule has 0 saturated heterocycles. The van der Waals surface area contributed by atoms with Crippen molar-refractivity contribution in [2.75, 3.05) is 0 Å². The van der Waals surface area contributed by atoms with Gasteiger partial charge in [0.1, 0.15) is 5.82 Å². The van der Waals surface area contributed by atoms with Crippen molar-refractivity contribution in [3.8, 4) is 0 Å². The monoisotopic (exact) mass is 189 g/mol. The number of nitrogens with zero attached hydrogens (tertiary/aromatic N) is 3. The molecule has 2 rings (SSSR count). The first-order valence-electron chi connectivity index (χ1n) is 4.81. The maximum Gasteiger partial charge on any atom is 0.164 e. The molecule has 2 heterocycles. The van der Waals surface area contributed by atoms with E-state index in [0.717, 1.165) is 11.5 Å². The number of aromatic nitrogens is 3. The largest absolute Gasteiger partial charge is 0.286 e. The van der Waals surface area contributed by atoms with Crippen LogP contribution in [0.2, 0.25) is 0 Å². The smallest absolute Gasteiger partial charge is 0.164 e. The van der Waals surface area contributed by atoms with Crippen molar-refractivity contribution in [1.29, 1.82) is 0 Å². The number of pyridine rings is 1. The molecular weight excluding hydrogens is 174 g/mol. The molecule has 14 heavy (non-hydrogen) atoms. The minimum absolute atomic E-state index is 0.113. The average molecular weight is 189 g/mol. The lowest BCUT2D eigenvalue weighted by Crippen LogP contribution is -2.13. The lowest BCUT2D eigenvalue weighted by molar-refractivity contribution is 0.591. The topological polar surface area (TPSA) is 30.2 Å². The zero-order chi connectivity index (χ0) is 10.3. The maximum atomic E-state index is 4.20. The van der Waals surface area contributed by atoms with Crippen molar-refractivity contribution >= 4 is 5.65 Å². The van der Waals surface area contributed by atoms with Gasteiger partial charge in [0.15, 0.2) is 5.65 Å². The molecule has 74 valence electrons. The van der Waals surface area contributed by atoms with E-state index in [1.165, 1.54) is 5.56 Å². The van der Waals surface area contributed by atoms with E-state index in [0.29, 0.717) is 0 Å². The molecule has 3 nitrogen and oxygen atoms in total. The molecule has 0 aliphatic carbocycles. The van der Waals surface area contributed by atoms with Gasteiger partial charge >= 0.3 is 0 Å². The molecule has 0 amide bonds. The van der Waals surface area contributed by atoms with Crippen LogP contribution >= 0.6 is 0 Å². The van der Waals surface area contributed by atoms with E-state index in [-0.39, 0.29) is 5.41 Å². The van der Waals surface area contributed by atoms with Crippen molar-refractivity contribution in [3.05, 3.63) is 29.7 Å². The van der Waals surface area contributed by atoms with Gasteiger partial charge in [-0.3, -0.25) is 4.40 Å². The van der Waals surface area contributed by atoms with Crippen LogP contribution in [0.1, 0.15) is 32.2 Å². The van der Waals surface area contributed by atoms with Crippen LogP contribution in [-0.2, 0) is 5.41 Å². The first kappa shape index (κ1) is 9.19. The molecular formula is C11H15N3. The fourth-order valence-corrected chi connectivity index (χ4v) is 1.62. The molecule has 0 aromatic carbocycles. The van der Waals surface area contributed by atoms with Gasteiger partial charge in [-0.25, -0.2) is 0 Å². The standard InChI is InChI=1S/C11H15N3/c1-8-12-13-10-9(11(2,3)4)6-5-7-14(8)10/h5-7H,1-4H3. The molecule has 0 spiro atoms. The normalized spacial score (nSPS) is 12.3. The minimum atomic E-state index is 0.113. The molecule has 0 aliphatic rings. The van der Waals surface area contributed by atoms with Gasteiger partial charge in [-0.05, 0) is 18.4 Å². The zero-order valence-electron chi connectivity index (χ0n) is 9.07. The van der Waals surface area contributed by atoms with Crippen LogP contribution in [0.15, 0.2) is 18.3 Å². The molecule has 0 radical (unpaired) electrons. The van der Waals surface area contributed by atoms with E-state index >= 15 is 0 Å². The second-order valence-corrected chi connectivity index (χ2v) is 4.61. The second kappa shape index (κ2) is 2.80. The number of fused-ring (bicyclic) bond motifs is 1. The van der Waals surface area contributed by atoms with Crippen molar-refractivity contribution in [2.45, 2.75) is 33.1 Å². The minimum Gasteiger partial charge on any atom is -0.286 e. The van der Waals surface area contributed by atoms with Crippen LogP contribution in [0.4, 0.5) is 0 Å². The Labute approximate surface area is 83.8 Å². The summed E-state index contributed by atoms with van der Waals surface area (Å²) in [5.74, 6) is 0.936. The summed E-state index contributed by atoms with van der Waals surface area (Å²) >= 11 is 0. The van der Waals surface area contributed by atoms with Gasteiger partial charge in [0.05, 0.1) is 0 Å². The van der Waals surface area contributed by atoms with Crippen molar-refractivity contribution in [1.82, 2.24) is 14.6 Å². The van der Waals surface area contributed by atoms with Gasteiger partial charge < -0.3 is 0 Å². The van der Waals surface area contributed by atoms with E-state index in [1.54, 1.807) is 0 Å². The molecule has 3 heteroatoms. The molecule has 0 aliphatic heterocycles. The number of hydrogen-bond donors (Lipinski definition) is 0. The third-order valence-corrected chi connectivity index (χ3v) is 2.41. The SMILES string of the molecule is Cc1nnc2c(C(C)(C)C)cccn12. The number of hydrogen-bond acceptors (Lipinski definition) is 2. The van der Waals surface area contributed by atoms with Crippen molar-refractivity contribution in [2.24, 2.45) is 0 Å². The summed E-state index contributed by atoms with van der Waals surface area (Å²) in [5, 5.41) is 8.28. The Hall–Kier alpha value is -1.38.